The highest BCUT2D eigenvalue weighted by molar-refractivity contribution is 9.11. The van der Waals surface area contributed by atoms with E-state index < -0.39 is 0 Å². The number of aryl methyl sites for hydroxylation is 1. The average molecular weight is 411 g/mol. The van der Waals surface area contributed by atoms with Crippen molar-refractivity contribution in [3.8, 4) is 0 Å². The molecule has 0 aromatic heterocycles. The van der Waals surface area contributed by atoms with Crippen LogP contribution in [0.3, 0.4) is 0 Å². The predicted octanol–water partition coefficient (Wildman–Crippen LogP) is 5.32. The van der Waals surface area contributed by atoms with Crippen LogP contribution in [0.5, 0.6) is 0 Å². The third-order valence-electron chi connectivity index (χ3n) is 5.74. The van der Waals surface area contributed by atoms with E-state index in [1.54, 1.807) is 0 Å². The Morgan fingerprint density at radius 3 is 2.23 bits per heavy atom. The topological polar surface area (TPSA) is 6.48 Å². The van der Waals surface area contributed by atoms with Gasteiger partial charge in [-0.05, 0) is 61.1 Å². The molecule has 4 rings (SSSR count). The van der Waals surface area contributed by atoms with Gasteiger partial charge in [-0.2, -0.15) is 0 Å². The van der Waals surface area contributed by atoms with Gasteiger partial charge in [0.1, 0.15) is 0 Å². The molecule has 2 aromatic rings. The fourth-order valence-electron chi connectivity index (χ4n) is 4.15. The molecule has 2 aliphatic rings. The summed E-state index contributed by atoms with van der Waals surface area (Å²) in [6, 6.07) is 18.6. The summed E-state index contributed by atoms with van der Waals surface area (Å²) in [5, 5.41) is 0. The lowest BCUT2D eigenvalue weighted by Gasteiger charge is -2.38. The van der Waals surface area contributed by atoms with Gasteiger partial charge in [0.25, 0.3) is 0 Å². The minimum atomic E-state index is 0.648. The molecular weight excluding hydrogens is 384 g/mol. The first-order valence-electron chi connectivity index (χ1n) is 9.70. The summed E-state index contributed by atoms with van der Waals surface area (Å²) in [4.78, 5) is 5.08. The Hall–Kier alpha value is -1.58. The van der Waals surface area contributed by atoms with Crippen LogP contribution in [0.25, 0.3) is 5.57 Å². The average Bonchev–Trinajstić information content (AvgIpc) is 2.68. The highest BCUT2D eigenvalue weighted by atomic mass is 79.9. The molecule has 0 N–H and O–H groups in total. The zero-order chi connectivity index (χ0) is 18.1. The Bertz CT molecular complexity index is 799. The molecule has 0 saturated carbocycles. The van der Waals surface area contributed by atoms with Gasteiger partial charge in [-0.25, -0.2) is 0 Å². The maximum absolute atomic E-state index is 3.84. The Labute approximate surface area is 165 Å². The third-order valence-corrected chi connectivity index (χ3v) is 6.53. The van der Waals surface area contributed by atoms with E-state index in [1.165, 1.54) is 32.4 Å². The van der Waals surface area contributed by atoms with Crippen LogP contribution >= 0.6 is 15.9 Å². The highest BCUT2D eigenvalue weighted by Gasteiger charge is 2.21. The maximum Gasteiger partial charge on any atom is 0.0367 e. The Morgan fingerprint density at radius 1 is 0.846 bits per heavy atom. The lowest BCUT2D eigenvalue weighted by atomic mass is 9.87. The minimum Gasteiger partial charge on any atom is -0.369 e. The van der Waals surface area contributed by atoms with Crippen LogP contribution in [0.4, 0.5) is 5.69 Å². The second-order valence-corrected chi connectivity index (χ2v) is 8.56. The summed E-state index contributed by atoms with van der Waals surface area (Å²) in [5.41, 5.74) is 6.86. The lowest BCUT2D eigenvalue weighted by molar-refractivity contribution is 0.209. The van der Waals surface area contributed by atoms with Gasteiger partial charge in [0.05, 0.1) is 0 Å². The number of halogens is 1. The number of hydrogen-bond donors (Lipinski definition) is 0. The smallest absolute Gasteiger partial charge is 0.0367 e. The zero-order valence-corrected chi connectivity index (χ0v) is 17.3. The van der Waals surface area contributed by atoms with Crippen LogP contribution in [-0.2, 0) is 6.42 Å². The number of anilines is 1. The molecule has 0 atom stereocenters. The van der Waals surface area contributed by atoms with E-state index in [9.17, 15) is 0 Å². The molecule has 0 amide bonds. The predicted molar refractivity (Wildman–Crippen MR) is 115 cm³/mol. The second kappa shape index (κ2) is 7.58. The number of allylic oxidation sites excluding steroid dienone is 1. The van der Waals surface area contributed by atoms with Crippen LogP contribution in [0.15, 0.2) is 53.0 Å². The first kappa shape index (κ1) is 17.8. The Balaban J connectivity index is 1.55. The number of rotatable bonds is 3. The summed E-state index contributed by atoms with van der Waals surface area (Å²) < 4.78 is 1.33. The minimum absolute atomic E-state index is 0.648. The van der Waals surface area contributed by atoms with Gasteiger partial charge in [0, 0.05) is 42.4 Å². The van der Waals surface area contributed by atoms with E-state index in [2.05, 4.69) is 88.1 Å². The van der Waals surface area contributed by atoms with Crippen LogP contribution in [0.2, 0.25) is 0 Å². The second-order valence-electron chi connectivity index (χ2n) is 7.60. The van der Waals surface area contributed by atoms with E-state index in [4.69, 9.17) is 0 Å². The molecule has 0 unspecified atom stereocenters. The van der Waals surface area contributed by atoms with Gasteiger partial charge in [0.2, 0.25) is 0 Å². The van der Waals surface area contributed by atoms with Crippen molar-refractivity contribution in [1.82, 2.24) is 4.90 Å². The largest absolute Gasteiger partial charge is 0.369 e. The standard InChI is InChI=1S/C23H27BrN2/c1-17(2)25-13-15-26(16-14-25)20-10-7-19(8-11-20)23-21-6-4-3-5-18(21)9-12-22(23)24/h3-8,10-11,17H,9,12-16H2,1-2H3. The lowest BCUT2D eigenvalue weighted by Crippen LogP contribution is -2.48. The van der Waals surface area contributed by atoms with Crippen LogP contribution in [0, 0.1) is 0 Å². The van der Waals surface area contributed by atoms with Gasteiger partial charge in [-0.15, -0.1) is 0 Å². The number of nitrogens with zero attached hydrogens (tertiary/aromatic N) is 2. The van der Waals surface area contributed by atoms with Gasteiger partial charge < -0.3 is 4.90 Å². The molecule has 3 heteroatoms. The molecule has 0 radical (unpaired) electrons. The van der Waals surface area contributed by atoms with Crippen LogP contribution in [0.1, 0.15) is 37.0 Å². The maximum atomic E-state index is 3.84. The molecule has 26 heavy (non-hydrogen) atoms. The van der Waals surface area contributed by atoms with Gasteiger partial charge >= 0.3 is 0 Å². The van der Waals surface area contributed by atoms with Crippen molar-refractivity contribution in [3.05, 3.63) is 69.7 Å². The number of fused-ring (bicyclic) bond motifs is 1. The molecule has 0 bridgehead atoms. The molecule has 2 aromatic carbocycles. The molecule has 1 saturated heterocycles. The zero-order valence-electron chi connectivity index (χ0n) is 15.7. The van der Waals surface area contributed by atoms with Crippen molar-refractivity contribution in [3.63, 3.8) is 0 Å². The summed E-state index contributed by atoms with van der Waals surface area (Å²) in [7, 11) is 0. The number of hydrogen-bond acceptors (Lipinski definition) is 2. The SMILES string of the molecule is CC(C)N1CCN(c2ccc(C3=C(Br)CCc4ccccc43)cc2)CC1. The van der Waals surface area contributed by atoms with Crippen LogP contribution in [-0.4, -0.2) is 37.1 Å². The van der Waals surface area contributed by atoms with Crippen molar-refractivity contribution < 1.29 is 0 Å². The number of benzene rings is 2. The van der Waals surface area contributed by atoms with Gasteiger partial charge in [-0.3, -0.25) is 4.90 Å². The Morgan fingerprint density at radius 2 is 1.54 bits per heavy atom. The molecule has 1 aliphatic heterocycles. The summed E-state index contributed by atoms with van der Waals surface area (Å²) in [6.45, 7) is 9.13. The monoisotopic (exact) mass is 410 g/mol. The van der Waals surface area contributed by atoms with Crippen molar-refractivity contribution >= 4 is 27.2 Å². The van der Waals surface area contributed by atoms with Crippen molar-refractivity contribution in [2.45, 2.75) is 32.7 Å². The molecular formula is C23H27BrN2. The van der Waals surface area contributed by atoms with E-state index in [0.29, 0.717) is 6.04 Å². The first-order chi connectivity index (χ1) is 12.6. The van der Waals surface area contributed by atoms with Crippen molar-refractivity contribution in [2.75, 3.05) is 31.1 Å². The molecule has 1 aliphatic carbocycles. The van der Waals surface area contributed by atoms with E-state index in [-0.39, 0.29) is 0 Å². The fraction of sp³-hybridized carbons (Fsp3) is 0.391. The van der Waals surface area contributed by atoms with Crippen LogP contribution < -0.4 is 4.90 Å². The van der Waals surface area contributed by atoms with Crippen molar-refractivity contribution in [1.29, 1.82) is 0 Å². The quantitative estimate of drug-likeness (QED) is 0.675. The Kier molecular flexibility index (Phi) is 5.19. The van der Waals surface area contributed by atoms with E-state index in [1.807, 2.05) is 0 Å². The third kappa shape index (κ3) is 3.47. The molecule has 1 heterocycles. The summed E-state index contributed by atoms with van der Waals surface area (Å²) in [6.07, 6.45) is 2.21. The van der Waals surface area contributed by atoms with E-state index in [0.717, 1.165) is 39.0 Å². The van der Waals surface area contributed by atoms with E-state index >= 15 is 0 Å². The van der Waals surface area contributed by atoms with Gasteiger partial charge in [0.15, 0.2) is 0 Å². The number of piperazine rings is 1. The molecule has 1 fully saturated rings. The molecule has 2 nitrogen and oxygen atoms in total. The normalized spacial score (nSPS) is 18.4. The van der Waals surface area contributed by atoms with Gasteiger partial charge in [-0.1, -0.05) is 52.3 Å². The molecule has 0 spiro atoms. The fourth-order valence-corrected chi connectivity index (χ4v) is 4.79. The summed E-state index contributed by atoms with van der Waals surface area (Å²) in [5.74, 6) is 0. The van der Waals surface area contributed by atoms with Crippen molar-refractivity contribution in [2.24, 2.45) is 0 Å². The highest BCUT2D eigenvalue weighted by Crippen LogP contribution is 2.39. The molecule has 136 valence electrons. The first-order valence-corrected chi connectivity index (χ1v) is 10.5. The summed E-state index contributed by atoms with van der Waals surface area (Å²) >= 11 is 3.84.